The van der Waals surface area contributed by atoms with Crippen molar-refractivity contribution in [3.8, 4) is 0 Å². The first-order valence-corrected chi connectivity index (χ1v) is 6.55. The molecule has 0 aromatic heterocycles. The molecule has 0 aliphatic heterocycles. The van der Waals surface area contributed by atoms with Crippen molar-refractivity contribution in [1.82, 2.24) is 5.32 Å². The van der Waals surface area contributed by atoms with Gasteiger partial charge in [0.2, 0.25) is 0 Å². The normalized spacial score (nSPS) is 14.8. The lowest BCUT2D eigenvalue weighted by atomic mass is 9.96. The molecular formula is C14H21ClFNO. The summed E-state index contributed by atoms with van der Waals surface area (Å²) < 4.78 is 13.3. The third-order valence-electron chi connectivity index (χ3n) is 2.66. The molecule has 0 bridgehead atoms. The highest BCUT2D eigenvalue weighted by Gasteiger charge is 2.22. The van der Waals surface area contributed by atoms with E-state index in [-0.39, 0.29) is 5.02 Å². The van der Waals surface area contributed by atoms with Crippen LogP contribution >= 0.6 is 11.6 Å². The number of benzene rings is 1. The Morgan fingerprint density at radius 1 is 1.44 bits per heavy atom. The van der Waals surface area contributed by atoms with E-state index in [1.54, 1.807) is 19.1 Å². The van der Waals surface area contributed by atoms with Crippen LogP contribution < -0.4 is 5.32 Å². The summed E-state index contributed by atoms with van der Waals surface area (Å²) in [5, 5.41) is 13.5. The molecule has 102 valence electrons. The van der Waals surface area contributed by atoms with E-state index >= 15 is 0 Å². The number of nitrogens with one attached hydrogen (secondary N) is 1. The number of halogens is 2. The molecule has 0 fully saturated rings. The van der Waals surface area contributed by atoms with Crippen LogP contribution in [0.5, 0.6) is 0 Å². The lowest BCUT2D eigenvalue weighted by molar-refractivity contribution is 0.0595. The first-order valence-electron chi connectivity index (χ1n) is 6.18. The largest absolute Gasteiger partial charge is 0.389 e. The SMILES string of the molecule is CC(C)CNCC(C)(O)Cc1cccc(F)c1Cl. The van der Waals surface area contributed by atoms with Gasteiger partial charge in [0.25, 0.3) is 0 Å². The molecular weight excluding hydrogens is 253 g/mol. The minimum atomic E-state index is -0.938. The first kappa shape index (κ1) is 15.4. The van der Waals surface area contributed by atoms with Crippen LogP contribution in [0.3, 0.4) is 0 Å². The van der Waals surface area contributed by atoms with Crippen molar-refractivity contribution in [3.63, 3.8) is 0 Å². The highest BCUT2D eigenvalue weighted by atomic mass is 35.5. The summed E-state index contributed by atoms with van der Waals surface area (Å²) in [5.41, 5.74) is -0.306. The lowest BCUT2D eigenvalue weighted by Gasteiger charge is -2.25. The molecule has 2 nitrogen and oxygen atoms in total. The maximum Gasteiger partial charge on any atom is 0.142 e. The molecule has 0 saturated heterocycles. The van der Waals surface area contributed by atoms with E-state index in [1.807, 2.05) is 0 Å². The van der Waals surface area contributed by atoms with Crippen molar-refractivity contribution in [1.29, 1.82) is 0 Å². The Labute approximate surface area is 113 Å². The molecule has 1 aromatic rings. The van der Waals surface area contributed by atoms with Crippen LogP contribution in [0.15, 0.2) is 18.2 Å². The summed E-state index contributed by atoms with van der Waals surface area (Å²) in [7, 11) is 0. The molecule has 0 spiro atoms. The van der Waals surface area contributed by atoms with E-state index in [0.29, 0.717) is 24.4 Å². The molecule has 0 saturated carbocycles. The van der Waals surface area contributed by atoms with Crippen LogP contribution in [0, 0.1) is 11.7 Å². The summed E-state index contributed by atoms with van der Waals surface area (Å²) in [6, 6.07) is 4.66. The average molecular weight is 274 g/mol. The summed E-state index contributed by atoms with van der Waals surface area (Å²) in [5.74, 6) is 0.0821. The van der Waals surface area contributed by atoms with Crippen molar-refractivity contribution in [2.75, 3.05) is 13.1 Å². The molecule has 0 aliphatic carbocycles. The molecule has 0 aliphatic rings. The number of hydrogen-bond donors (Lipinski definition) is 2. The Balaban J connectivity index is 2.61. The monoisotopic (exact) mass is 273 g/mol. The summed E-state index contributed by atoms with van der Waals surface area (Å²) >= 11 is 5.88. The van der Waals surface area contributed by atoms with Crippen LogP contribution in [-0.2, 0) is 6.42 Å². The number of hydrogen-bond acceptors (Lipinski definition) is 2. The predicted octanol–water partition coefficient (Wildman–Crippen LogP) is 3.02. The Kier molecular flexibility index (Phi) is 5.57. The topological polar surface area (TPSA) is 32.3 Å². The molecule has 2 N–H and O–H groups in total. The van der Waals surface area contributed by atoms with Gasteiger partial charge in [-0.3, -0.25) is 0 Å². The molecule has 18 heavy (non-hydrogen) atoms. The molecule has 0 amide bonds. The van der Waals surface area contributed by atoms with Gasteiger partial charge >= 0.3 is 0 Å². The Morgan fingerprint density at radius 3 is 2.72 bits per heavy atom. The van der Waals surface area contributed by atoms with Crippen LogP contribution in [0.1, 0.15) is 26.3 Å². The first-order chi connectivity index (χ1) is 8.32. The zero-order valence-corrected chi connectivity index (χ0v) is 11.9. The predicted molar refractivity (Wildman–Crippen MR) is 73.4 cm³/mol. The van der Waals surface area contributed by atoms with Crippen molar-refractivity contribution in [2.24, 2.45) is 5.92 Å². The zero-order valence-electron chi connectivity index (χ0n) is 11.1. The van der Waals surface area contributed by atoms with E-state index in [2.05, 4.69) is 19.2 Å². The molecule has 1 unspecified atom stereocenters. The van der Waals surface area contributed by atoms with Gasteiger partial charge in [0.1, 0.15) is 5.82 Å². The molecule has 1 rings (SSSR count). The Bertz CT molecular complexity index is 393. The maximum atomic E-state index is 13.3. The van der Waals surface area contributed by atoms with Crippen molar-refractivity contribution < 1.29 is 9.50 Å². The van der Waals surface area contributed by atoms with Crippen LogP contribution in [0.25, 0.3) is 0 Å². The van der Waals surface area contributed by atoms with Crippen LogP contribution in [0.4, 0.5) is 4.39 Å². The van der Waals surface area contributed by atoms with Gasteiger partial charge in [-0.05, 0) is 31.0 Å². The number of aliphatic hydroxyl groups is 1. The van der Waals surface area contributed by atoms with Gasteiger partial charge in [-0.2, -0.15) is 0 Å². The molecule has 0 radical (unpaired) electrons. The molecule has 4 heteroatoms. The van der Waals surface area contributed by atoms with E-state index in [1.165, 1.54) is 6.07 Å². The minimum absolute atomic E-state index is 0.0987. The summed E-state index contributed by atoms with van der Waals surface area (Å²) in [4.78, 5) is 0. The van der Waals surface area contributed by atoms with Gasteiger partial charge in [0.05, 0.1) is 10.6 Å². The van der Waals surface area contributed by atoms with Crippen molar-refractivity contribution >= 4 is 11.6 Å². The van der Waals surface area contributed by atoms with Crippen LogP contribution in [0.2, 0.25) is 5.02 Å². The second-order valence-electron chi connectivity index (χ2n) is 5.41. The van der Waals surface area contributed by atoms with E-state index < -0.39 is 11.4 Å². The van der Waals surface area contributed by atoms with Crippen molar-refractivity contribution in [2.45, 2.75) is 32.8 Å². The summed E-state index contributed by atoms with van der Waals surface area (Å²) in [6.07, 6.45) is 0.328. The summed E-state index contributed by atoms with van der Waals surface area (Å²) in [6.45, 7) is 7.23. The Morgan fingerprint density at radius 2 is 2.11 bits per heavy atom. The van der Waals surface area contributed by atoms with Gasteiger partial charge < -0.3 is 10.4 Å². The molecule has 0 heterocycles. The van der Waals surface area contributed by atoms with Gasteiger partial charge in [0.15, 0.2) is 0 Å². The Hall–Kier alpha value is -0.640. The fourth-order valence-corrected chi connectivity index (χ4v) is 1.98. The highest BCUT2D eigenvalue weighted by Crippen LogP contribution is 2.23. The van der Waals surface area contributed by atoms with Crippen molar-refractivity contribution in [3.05, 3.63) is 34.6 Å². The van der Waals surface area contributed by atoms with E-state index in [4.69, 9.17) is 11.6 Å². The van der Waals surface area contributed by atoms with Crippen LogP contribution in [-0.4, -0.2) is 23.8 Å². The fraction of sp³-hybridized carbons (Fsp3) is 0.571. The third-order valence-corrected chi connectivity index (χ3v) is 3.08. The smallest absolute Gasteiger partial charge is 0.142 e. The maximum absolute atomic E-state index is 13.3. The van der Waals surface area contributed by atoms with Gasteiger partial charge in [-0.25, -0.2) is 4.39 Å². The molecule has 1 atom stereocenters. The van der Waals surface area contributed by atoms with E-state index in [0.717, 1.165) is 6.54 Å². The average Bonchev–Trinajstić information content (AvgIpc) is 2.23. The van der Waals surface area contributed by atoms with Gasteiger partial charge in [-0.1, -0.05) is 37.6 Å². The van der Waals surface area contributed by atoms with Gasteiger partial charge in [-0.15, -0.1) is 0 Å². The zero-order chi connectivity index (χ0) is 13.8. The third kappa shape index (κ3) is 4.92. The molecule has 1 aromatic carbocycles. The lowest BCUT2D eigenvalue weighted by Crippen LogP contribution is -2.41. The highest BCUT2D eigenvalue weighted by molar-refractivity contribution is 6.31. The minimum Gasteiger partial charge on any atom is -0.389 e. The quantitative estimate of drug-likeness (QED) is 0.835. The van der Waals surface area contributed by atoms with E-state index in [9.17, 15) is 9.50 Å². The number of rotatable bonds is 6. The second kappa shape index (κ2) is 6.50. The fourth-order valence-electron chi connectivity index (χ4n) is 1.79. The van der Waals surface area contributed by atoms with Gasteiger partial charge in [0, 0.05) is 13.0 Å². The second-order valence-corrected chi connectivity index (χ2v) is 5.79. The standard InChI is InChI=1S/C14H21ClFNO/c1-10(2)8-17-9-14(3,18)7-11-5-4-6-12(16)13(11)15/h4-6,10,17-18H,7-9H2,1-3H3.